The Hall–Kier alpha value is -3.06. The number of nitrogens with zero attached hydrogens (tertiary/aromatic N) is 2. The van der Waals surface area contributed by atoms with Crippen molar-refractivity contribution in [1.29, 1.82) is 0 Å². The van der Waals surface area contributed by atoms with Crippen LogP contribution in [0.3, 0.4) is 0 Å². The van der Waals surface area contributed by atoms with Gasteiger partial charge in [-0.05, 0) is 61.4 Å². The molecular weight excluding hydrogens is 516 g/mol. The number of sulfonamides is 1. The summed E-state index contributed by atoms with van der Waals surface area (Å²) < 4.78 is 44.6. The zero-order valence-electron chi connectivity index (χ0n) is 21.7. The van der Waals surface area contributed by atoms with Crippen LogP contribution in [-0.2, 0) is 16.4 Å². The number of ether oxygens (including phenoxy) is 3. The minimum absolute atomic E-state index is 0.00395. The van der Waals surface area contributed by atoms with E-state index in [1.54, 1.807) is 30.3 Å². The molecule has 210 valence electrons. The molecule has 38 heavy (non-hydrogen) atoms. The predicted molar refractivity (Wildman–Crippen MR) is 138 cm³/mol. The third-order valence-electron chi connectivity index (χ3n) is 6.02. The monoisotopic (exact) mass is 552 g/mol. The average molecular weight is 553 g/mol. The Balaban J connectivity index is 1.73. The maximum absolute atomic E-state index is 13.5. The molecule has 1 aliphatic rings. The number of carboxylic acid groups (broad SMARTS) is 1. The van der Waals surface area contributed by atoms with Gasteiger partial charge in [0.05, 0.1) is 17.5 Å². The van der Waals surface area contributed by atoms with Crippen LogP contribution in [-0.4, -0.2) is 78.4 Å². The molecule has 1 atom stereocenters. The Kier molecular flexibility index (Phi) is 10.6. The molecule has 0 aliphatic carbocycles. The van der Waals surface area contributed by atoms with Crippen LogP contribution in [0.15, 0.2) is 47.4 Å². The van der Waals surface area contributed by atoms with E-state index in [1.807, 2.05) is 13.8 Å². The molecule has 0 saturated heterocycles. The van der Waals surface area contributed by atoms with Gasteiger partial charge in [-0.1, -0.05) is 26.0 Å². The summed E-state index contributed by atoms with van der Waals surface area (Å²) in [7, 11) is -3.93. The summed E-state index contributed by atoms with van der Waals surface area (Å²) in [5, 5.41) is 28.8. The third kappa shape index (κ3) is 7.97. The molecule has 1 aliphatic heterocycles. The highest BCUT2D eigenvalue weighted by atomic mass is 32.2. The minimum Gasteiger partial charge on any atom is -0.494 e. The average Bonchev–Trinajstić information content (AvgIpc) is 3.36. The predicted octanol–water partition coefficient (Wildman–Crippen LogP) is 3.58. The number of benzene rings is 2. The minimum atomic E-state index is -3.93. The lowest BCUT2D eigenvalue weighted by Gasteiger charge is -2.28. The standard InChI is InChI=1S/C26H36N2O9S/c1-19(2)17-27(38(33,34)23-9-10-24-25(16-23)37-18-36-24)12-11-21(28(32)26(30)31)15-20-5-7-22(8-6-20)35-14-4-3-13-29/h5-10,16,19,21,29,32H,3-4,11-15,17-18H2,1-2H3,(H,30,31). The zero-order chi connectivity index (χ0) is 27.7. The molecule has 0 saturated carbocycles. The first-order valence-electron chi connectivity index (χ1n) is 12.5. The normalized spacial score (nSPS) is 13.6. The van der Waals surface area contributed by atoms with E-state index < -0.39 is 22.2 Å². The molecule has 1 amide bonds. The van der Waals surface area contributed by atoms with Crippen LogP contribution < -0.4 is 14.2 Å². The Morgan fingerprint density at radius 1 is 1.08 bits per heavy atom. The molecule has 0 aromatic heterocycles. The van der Waals surface area contributed by atoms with Gasteiger partial charge in [0.1, 0.15) is 5.75 Å². The Morgan fingerprint density at radius 3 is 2.45 bits per heavy atom. The third-order valence-corrected chi connectivity index (χ3v) is 7.88. The van der Waals surface area contributed by atoms with Crippen molar-refractivity contribution in [2.45, 2.75) is 50.5 Å². The van der Waals surface area contributed by atoms with Crippen LogP contribution in [0.4, 0.5) is 4.79 Å². The number of hydrogen-bond acceptors (Lipinski definition) is 8. The number of aliphatic hydroxyl groups is 1. The summed E-state index contributed by atoms with van der Waals surface area (Å²) >= 11 is 0. The van der Waals surface area contributed by atoms with Crippen molar-refractivity contribution in [1.82, 2.24) is 9.37 Å². The van der Waals surface area contributed by atoms with Gasteiger partial charge in [-0.2, -0.15) is 9.37 Å². The van der Waals surface area contributed by atoms with Gasteiger partial charge in [0.2, 0.25) is 16.8 Å². The highest BCUT2D eigenvalue weighted by Crippen LogP contribution is 2.35. The van der Waals surface area contributed by atoms with Gasteiger partial charge in [-0.3, -0.25) is 5.21 Å². The second-order valence-corrected chi connectivity index (χ2v) is 11.4. The quantitative estimate of drug-likeness (QED) is 0.171. The second kappa shape index (κ2) is 13.7. The maximum Gasteiger partial charge on any atom is 0.431 e. The molecule has 3 rings (SSSR count). The summed E-state index contributed by atoms with van der Waals surface area (Å²) in [6.07, 6.45) is 0.0964. The van der Waals surface area contributed by atoms with Gasteiger partial charge < -0.3 is 24.4 Å². The summed E-state index contributed by atoms with van der Waals surface area (Å²) in [5.74, 6) is 1.46. The van der Waals surface area contributed by atoms with Crippen molar-refractivity contribution in [2.75, 3.05) is 33.1 Å². The van der Waals surface area contributed by atoms with Crippen LogP contribution in [0, 0.1) is 5.92 Å². The summed E-state index contributed by atoms with van der Waals surface area (Å²) in [6, 6.07) is 10.6. The molecule has 2 aromatic carbocycles. The zero-order valence-corrected chi connectivity index (χ0v) is 22.5. The first kappa shape index (κ1) is 29.5. The largest absolute Gasteiger partial charge is 0.494 e. The van der Waals surface area contributed by atoms with E-state index in [1.165, 1.54) is 16.4 Å². The molecule has 0 radical (unpaired) electrons. The van der Waals surface area contributed by atoms with Gasteiger partial charge in [0.25, 0.3) is 0 Å². The Bertz CT molecular complexity index is 1160. The van der Waals surface area contributed by atoms with Gasteiger partial charge in [-0.25, -0.2) is 13.2 Å². The Morgan fingerprint density at radius 2 is 1.79 bits per heavy atom. The Labute approximate surface area is 223 Å². The molecule has 0 bridgehead atoms. The highest BCUT2D eigenvalue weighted by Gasteiger charge is 2.30. The van der Waals surface area contributed by atoms with E-state index in [-0.39, 0.29) is 55.2 Å². The van der Waals surface area contributed by atoms with Crippen molar-refractivity contribution in [2.24, 2.45) is 5.92 Å². The molecule has 2 aromatic rings. The lowest BCUT2D eigenvalue weighted by molar-refractivity contribution is -0.0984. The van der Waals surface area contributed by atoms with Crippen molar-refractivity contribution in [3.63, 3.8) is 0 Å². The van der Waals surface area contributed by atoms with Crippen LogP contribution in [0.2, 0.25) is 0 Å². The van der Waals surface area contributed by atoms with Crippen molar-refractivity contribution < 1.29 is 42.8 Å². The highest BCUT2D eigenvalue weighted by molar-refractivity contribution is 7.89. The maximum atomic E-state index is 13.5. The fraction of sp³-hybridized carbons (Fsp3) is 0.500. The fourth-order valence-corrected chi connectivity index (χ4v) is 5.70. The van der Waals surface area contributed by atoms with E-state index in [0.717, 1.165) is 12.0 Å². The summed E-state index contributed by atoms with van der Waals surface area (Å²) in [6.45, 7) is 4.59. The van der Waals surface area contributed by atoms with E-state index >= 15 is 0 Å². The van der Waals surface area contributed by atoms with Crippen LogP contribution in [0.1, 0.15) is 38.7 Å². The smallest absolute Gasteiger partial charge is 0.431 e. The fourth-order valence-electron chi connectivity index (χ4n) is 4.06. The molecule has 0 spiro atoms. The van der Waals surface area contributed by atoms with E-state index in [9.17, 15) is 23.5 Å². The number of amides is 1. The molecule has 11 nitrogen and oxygen atoms in total. The molecule has 1 heterocycles. The van der Waals surface area contributed by atoms with Crippen LogP contribution >= 0.6 is 0 Å². The van der Waals surface area contributed by atoms with E-state index in [2.05, 4.69) is 0 Å². The van der Waals surface area contributed by atoms with Crippen molar-refractivity contribution in [3.05, 3.63) is 48.0 Å². The van der Waals surface area contributed by atoms with Gasteiger partial charge in [0, 0.05) is 25.8 Å². The molecule has 12 heteroatoms. The topological polar surface area (TPSA) is 146 Å². The van der Waals surface area contributed by atoms with Crippen LogP contribution in [0.25, 0.3) is 0 Å². The molecule has 1 unspecified atom stereocenters. The number of hydroxylamine groups is 2. The summed E-state index contributed by atoms with van der Waals surface area (Å²) in [5.41, 5.74) is 0.757. The van der Waals surface area contributed by atoms with Crippen LogP contribution in [0.5, 0.6) is 17.2 Å². The second-order valence-electron chi connectivity index (χ2n) is 9.47. The summed E-state index contributed by atoms with van der Waals surface area (Å²) in [4.78, 5) is 11.6. The molecular formula is C26H36N2O9S. The van der Waals surface area contributed by atoms with E-state index in [0.29, 0.717) is 30.3 Å². The van der Waals surface area contributed by atoms with Gasteiger partial charge in [-0.15, -0.1) is 0 Å². The SMILES string of the molecule is CC(C)CN(CCC(Cc1ccc(OCCCCO)cc1)N(O)C(=O)O)S(=O)(=O)c1ccc2c(c1)OCO2. The van der Waals surface area contributed by atoms with Crippen molar-refractivity contribution in [3.8, 4) is 17.2 Å². The number of aliphatic hydroxyl groups excluding tert-OH is 1. The first-order valence-corrected chi connectivity index (χ1v) is 14.0. The van der Waals surface area contributed by atoms with Gasteiger partial charge in [0.15, 0.2) is 11.5 Å². The number of carbonyl (C=O) groups is 1. The molecule has 0 fully saturated rings. The molecule has 3 N–H and O–H groups in total. The lowest BCUT2D eigenvalue weighted by Crippen LogP contribution is -2.42. The first-order chi connectivity index (χ1) is 18.1. The lowest BCUT2D eigenvalue weighted by atomic mass is 10.0. The number of fused-ring (bicyclic) bond motifs is 1. The number of rotatable bonds is 15. The van der Waals surface area contributed by atoms with Gasteiger partial charge >= 0.3 is 6.09 Å². The number of hydrogen-bond donors (Lipinski definition) is 3. The van der Waals surface area contributed by atoms with Crippen molar-refractivity contribution >= 4 is 16.1 Å². The number of unbranched alkanes of at least 4 members (excludes halogenated alkanes) is 1. The van der Waals surface area contributed by atoms with E-state index in [4.69, 9.17) is 19.3 Å².